The van der Waals surface area contributed by atoms with E-state index in [9.17, 15) is 4.79 Å². The standard InChI is InChI=1S/C21H30O2/c1-15-8-10-20(21-12-18(22)9-11-19(15)21)16(2)13-23-14-17-6-4-3-5-7-17/h3-7,15-16,19-21H,8-14H2,1-2H3/t15-,16+,19+,20+,21+/m1/s1. The average Bonchev–Trinajstić information content (AvgIpc) is 2.56. The maximum absolute atomic E-state index is 12.0. The zero-order valence-electron chi connectivity index (χ0n) is 14.5. The molecule has 23 heavy (non-hydrogen) atoms. The molecule has 0 unspecified atom stereocenters. The molecular formula is C21H30O2. The molecule has 0 aromatic heterocycles. The van der Waals surface area contributed by atoms with Gasteiger partial charge in [-0.15, -0.1) is 0 Å². The minimum Gasteiger partial charge on any atom is -0.376 e. The van der Waals surface area contributed by atoms with Crippen molar-refractivity contribution in [1.29, 1.82) is 0 Å². The Balaban J connectivity index is 1.55. The van der Waals surface area contributed by atoms with Gasteiger partial charge in [0.05, 0.1) is 6.61 Å². The fourth-order valence-corrected chi connectivity index (χ4v) is 4.88. The van der Waals surface area contributed by atoms with Crippen LogP contribution in [0.25, 0.3) is 0 Å². The predicted octanol–water partition coefficient (Wildman–Crippen LogP) is 4.87. The minimum absolute atomic E-state index is 0.489. The molecule has 2 aliphatic rings. The van der Waals surface area contributed by atoms with Crippen molar-refractivity contribution in [3.8, 4) is 0 Å². The fourth-order valence-electron chi connectivity index (χ4n) is 4.88. The third-order valence-corrected chi connectivity index (χ3v) is 6.23. The number of benzene rings is 1. The first-order valence-electron chi connectivity index (χ1n) is 9.28. The summed E-state index contributed by atoms with van der Waals surface area (Å²) in [5.41, 5.74) is 1.24. The summed E-state index contributed by atoms with van der Waals surface area (Å²) in [5, 5.41) is 0. The van der Waals surface area contributed by atoms with E-state index in [4.69, 9.17) is 4.74 Å². The van der Waals surface area contributed by atoms with E-state index in [1.165, 1.54) is 18.4 Å². The molecule has 3 rings (SSSR count). The maximum Gasteiger partial charge on any atom is 0.133 e. The highest BCUT2D eigenvalue weighted by Gasteiger charge is 2.42. The second-order valence-electron chi connectivity index (χ2n) is 7.81. The molecule has 0 spiro atoms. The number of hydrogen-bond donors (Lipinski definition) is 0. The molecule has 5 atom stereocenters. The topological polar surface area (TPSA) is 26.3 Å². The molecule has 126 valence electrons. The Labute approximate surface area is 140 Å². The number of carbonyl (C=O) groups is 1. The van der Waals surface area contributed by atoms with E-state index in [2.05, 4.69) is 38.1 Å². The van der Waals surface area contributed by atoms with Crippen LogP contribution in [0.5, 0.6) is 0 Å². The van der Waals surface area contributed by atoms with Gasteiger partial charge in [0.15, 0.2) is 0 Å². The van der Waals surface area contributed by atoms with Gasteiger partial charge in [-0.05, 0) is 48.0 Å². The highest BCUT2D eigenvalue weighted by atomic mass is 16.5. The lowest BCUT2D eigenvalue weighted by Gasteiger charge is -2.46. The van der Waals surface area contributed by atoms with Crippen molar-refractivity contribution in [3.63, 3.8) is 0 Å². The van der Waals surface area contributed by atoms with Gasteiger partial charge in [0.2, 0.25) is 0 Å². The number of Topliss-reactive ketones (excluding diaryl/α,β-unsaturated/α-hetero) is 1. The van der Waals surface area contributed by atoms with Gasteiger partial charge < -0.3 is 4.74 Å². The van der Waals surface area contributed by atoms with Gasteiger partial charge in [-0.2, -0.15) is 0 Å². The van der Waals surface area contributed by atoms with Gasteiger partial charge >= 0.3 is 0 Å². The van der Waals surface area contributed by atoms with Gasteiger partial charge in [0, 0.05) is 19.4 Å². The lowest BCUT2D eigenvalue weighted by molar-refractivity contribution is -0.126. The van der Waals surface area contributed by atoms with Crippen LogP contribution in [0.4, 0.5) is 0 Å². The van der Waals surface area contributed by atoms with Gasteiger partial charge in [0.1, 0.15) is 5.78 Å². The average molecular weight is 314 g/mol. The monoisotopic (exact) mass is 314 g/mol. The Kier molecular flexibility index (Phi) is 5.53. The molecule has 2 nitrogen and oxygen atoms in total. The quantitative estimate of drug-likeness (QED) is 0.775. The number of ether oxygens (including phenoxy) is 1. The summed E-state index contributed by atoms with van der Waals surface area (Å²) in [7, 11) is 0. The van der Waals surface area contributed by atoms with Crippen molar-refractivity contribution < 1.29 is 9.53 Å². The van der Waals surface area contributed by atoms with Crippen LogP contribution in [0.15, 0.2) is 30.3 Å². The first-order valence-corrected chi connectivity index (χ1v) is 9.28. The van der Waals surface area contributed by atoms with E-state index in [1.54, 1.807) is 0 Å². The zero-order valence-corrected chi connectivity index (χ0v) is 14.5. The van der Waals surface area contributed by atoms with Crippen molar-refractivity contribution in [3.05, 3.63) is 35.9 Å². The van der Waals surface area contributed by atoms with Gasteiger partial charge in [-0.1, -0.05) is 50.6 Å². The van der Waals surface area contributed by atoms with Gasteiger partial charge in [-0.25, -0.2) is 0 Å². The summed E-state index contributed by atoms with van der Waals surface area (Å²) in [5.74, 6) is 3.86. The predicted molar refractivity (Wildman–Crippen MR) is 93.0 cm³/mol. The summed E-state index contributed by atoms with van der Waals surface area (Å²) in [6.45, 7) is 6.22. The normalized spacial score (nSPS) is 32.3. The lowest BCUT2D eigenvalue weighted by Crippen LogP contribution is -2.41. The molecule has 1 aromatic rings. The van der Waals surface area contributed by atoms with Crippen LogP contribution in [0, 0.1) is 29.6 Å². The molecule has 2 saturated carbocycles. The van der Waals surface area contributed by atoms with Crippen LogP contribution in [0.1, 0.15) is 51.5 Å². The molecule has 1 aromatic carbocycles. The summed E-state index contributed by atoms with van der Waals surface area (Å²) >= 11 is 0. The summed E-state index contributed by atoms with van der Waals surface area (Å²) in [4.78, 5) is 12.0. The van der Waals surface area contributed by atoms with E-state index in [0.717, 1.165) is 37.7 Å². The van der Waals surface area contributed by atoms with Gasteiger partial charge in [-0.3, -0.25) is 4.79 Å². The Morgan fingerprint density at radius 1 is 1.13 bits per heavy atom. The van der Waals surface area contributed by atoms with Crippen LogP contribution in [-0.2, 0) is 16.1 Å². The van der Waals surface area contributed by atoms with Crippen molar-refractivity contribution in [2.24, 2.45) is 29.6 Å². The third-order valence-electron chi connectivity index (χ3n) is 6.23. The molecule has 2 heteroatoms. The smallest absolute Gasteiger partial charge is 0.133 e. The van der Waals surface area contributed by atoms with Gasteiger partial charge in [0.25, 0.3) is 0 Å². The number of rotatable bonds is 5. The van der Waals surface area contributed by atoms with E-state index in [0.29, 0.717) is 30.1 Å². The Hall–Kier alpha value is -1.15. The Morgan fingerprint density at radius 3 is 2.70 bits per heavy atom. The Bertz CT molecular complexity index is 510. The number of ketones is 1. The first kappa shape index (κ1) is 16.7. The number of fused-ring (bicyclic) bond motifs is 1. The van der Waals surface area contributed by atoms with Crippen molar-refractivity contribution in [2.75, 3.05) is 6.61 Å². The van der Waals surface area contributed by atoms with E-state index in [1.807, 2.05) is 6.07 Å². The van der Waals surface area contributed by atoms with Crippen molar-refractivity contribution >= 4 is 5.78 Å². The van der Waals surface area contributed by atoms with Crippen molar-refractivity contribution in [1.82, 2.24) is 0 Å². The zero-order chi connectivity index (χ0) is 16.2. The molecule has 0 saturated heterocycles. The Morgan fingerprint density at radius 2 is 1.91 bits per heavy atom. The van der Waals surface area contributed by atoms with Crippen LogP contribution >= 0.6 is 0 Å². The summed E-state index contributed by atoms with van der Waals surface area (Å²) in [6.07, 6.45) is 5.35. The molecule has 0 bridgehead atoms. The second kappa shape index (κ2) is 7.61. The van der Waals surface area contributed by atoms with Crippen LogP contribution < -0.4 is 0 Å². The van der Waals surface area contributed by atoms with Crippen molar-refractivity contribution in [2.45, 2.75) is 52.6 Å². The molecular weight excluding hydrogens is 284 g/mol. The summed E-state index contributed by atoms with van der Waals surface area (Å²) < 4.78 is 5.98. The SMILES string of the molecule is C[C@@H]1CC[C@@H]([C@@H](C)COCc2ccccc2)[C@H]2CC(=O)CC[C@H]21. The number of hydrogen-bond acceptors (Lipinski definition) is 2. The fraction of sp³-hybridized carbons (Fsp3) is 0.667. The first-order chi connectivity index (χ1) is 11.1. The van der Waals surface area contributed by atoms with E-state index >= 15 is 0 Å². The summed E-state index contributed by atoms with van der Waals surface area (Å²) in [6, 6.07) is 10.4. The minimum atomic E-state index is 0.489. The molecule has 0 radical (unpaired) electrons. The highest BCUT2D eigenvalue weighted by Crippen LogP contribution is 2.48. The molecule has 0 amide bonds. The van der Waals surface area contributed by atoms with Crippen LogP contribution in [0.2, 0.25) is 0 Å². The number of carbonyl (C=O) groups excluding carboxylic acids is 1. The molecule has 0 N–H and O–H groups in total. The molecule has 0 aliphatic heterocycles. The molecule has 2 fully saturated rings. The van der Waals surface area contributed by atoms with Crippen LogP contribution in [0.3, 0.4) is 0 Å². The molecule has 2 aliphatic carbocycles. The van der Waals surface area contributed by atoms with E-state index < -0.39 is 0 Å². The maximum atomic E-state index is 12.0. The third kappa shape index (κ3) is 4.03. The van der Waals surface area contributed by atoms with E-state index in [-0.39, 0.29) is 0 Å². The molecule has 0 heterocycles. The lowest BCUT2D eigenvalue weighted by atomic mass is 9.59. The van der Waals surface area contributed by atoms with Crippen LogP contribution in [-0.4, -0.2) is 12.4 Å². The largest absolute Gasteiger partial charge is 0.376 e. The highest BCUT2D eigenvalue weighted by molar-refractivity contribution is 5.79. The second-order valence-corrected chi connectivity index (χ2v) is 7.81.